The molecule has 1 fully saturated rings. The molecule has 2 heterocycles. The number of nitrogens with one attached hydrogen (secondary N) is 1. The summed E-state index contributed by atoms with van der Waals surface area (Å²) in [5.74, 6) is 0.768. The molecular formula is C16H24N2O2. The summed E-state index contributed by atoms with van der Waals surface area (Å²) in [6.07, 6.45) is 2.41. The third-order valence-corrected chi connectivity index (χ3v) is 4.18. The predicted molar refractivity (Wildman–Crippen MR) is 79.4 cm³/mol. The molecule has 1 aliphatic heterocycles. The maximum Gasteiger partial charge on any atom is 0.193 e. The second-order valence-corrected chi connectivity index (χ2v) is 6.09. The molecule has 1 N–H and O–H groups in total. The number of piperidine rings is 1. The SMILES string of the molecule is CC(=O)c1c(C)[nH]c(C(=O)CN2CCC[C@H](C)C2)c1C. The highest BCUT2D eigenvalue weighted by molar-refractivity contribution is 6.03. The van der Waals surface area contributed by atoms with Crippen LogP contribution >= 0.6 is 0 Å². The number of H-pyrrole nitrogens is 1. The summed E-state index contributed by atoms with van der Waals surface area (Å²) in [5.41, 5.74) is 2.86. The molecule has 4 nitrogen and oxygen atoms in total. The van der Waals surface area contributed by atoms with Crippen LogP contribution in [0.25, 0.3) is 0 Å². The lowest BCUT2D eigenvalue weighted by molar-refractivity contribution is 0.0888. The third-order valence-electron chi connectivity index (χ3n) is 4.18. The van der Waals surface area contributed by atoms with Crippen molar-refractivity contribution in [3.63, 3.8) is 0 Å². The molecule has 0 unspecified atom stereocenters. The van der Waals surface area contributed by atoms with Gasteiger partial charge >= 0.3 is 0 Å². The van der Waals surface area contributed by atoms with Crippen LogP contribution in [0.2, 0.25) is 0 Å². The third kappa shape index (κ3) is 3.01. The first-order valence-electron chi connectivity index (χ1n) is 7.35. The molecule has 1 aliphatic rings. The molecule has 0 saturated carbocycles. The minimum Gasteiger partial charge on any atom is -0.355 e. The van der Waals surface area contributed by atoms with Gasteiger partial charge in [-0.2, -0.15) is 0 Å². The fraction of sp³-hybridized carbons (Fsp3) is 0.625. The summed E-state index contributed by atoms with van der Waals surface area (Å²) in [6.45, 7) is 9.91. The molecule has 110 valence electrons. The van der Waals surface area contributed by atoms with Crippen molar-refractivity contribution in [1.29, 1.82) is 0 Å². The quantitative estimate of drug-likeness (QED) is 0.860. The Morgan fingerprint density at radius 1 is 1.35 bits per heavy atom. The van der Waals surface area contributed by atoms with Gasteiger partial charge in [-0.1, -0.05) is 6.92 Å². The summed E-state index contributed by atoms with van der Waals surface area (Å²) in [5, 5.41) is 0. The van der Waals surface area contributed by atoms with Crippen molar-refractivity contribution in [1.82, 2.24) is 9.88 Å². The number of carbonyl (C=O) groups excluding carboxylic acids is 2. The van der Waals surface area contributed by atoms with Gasteiger partial charge in [0.15, 0.2) is 11.6 Å². The summed E-state index contributed by atoms with van der Waals surface area (Å²) < 4.78 is 0. The van der Waals surface area contributed by atoms with E-state index in [1.165, 1.54) is 6.42 Å². The van der Waals surface area contributed by atoms with Gasteiger partial charge in [0.25, 0.3) is 0 Å². The maximum atomic E-state index is 12.4. The van der Waals surface area contributed by atoms with E-state index < -0.39 is 0 Å². The molecule has 0 spiro atoms. The second kappa shape index (κ2) is 5.92. The Bertz CT molecular complexity index is 531. The molecule has 0 bridgehead atoms. The Balaban J connectivity index is 2.13. The number of aromatic nitrogens is 1. The number of nitrogens with zero attached hydrogens (tertiary/aromatic N) is 1. The smallest absolute Gasteiger partial charge is 0.193 e. The average molecular weight is 276 g/mol. The highest BCUT2D eigenvalue weighted by Crippen LogP contribution is 2.20. The highest BCUT2D eigenvalue weighted by atomic mass is 16.1. The van der Waals surface area contributed by atoms with Crippen LogP contribution in [0.15, 0.2) is 0 Å². The normalized spacial score (nSPS) is 20.1. The zero-order chi connectivity index (χ0) is 14.9. The predicted octanol–water partition coefficient (Wildman–Crippen LogP) is 2.75. The first kappa shape index (κ1) is 15.0. The van der Waals surface area contributed by atoms with Crippen LogP contribution < -0.4 is 0 Å². The standard InChI is InChI=1S/C16H24N2O2/c1-10-6-5-7-18(8-10)9-14(20)16-11(2)15(13(4)19)12(3)17-16/h10,17H,5-9H2,1-4H3/t10-/m0/s1. The summed E-state index contributed by atoms with van der Waals surface area (Å²) in [6, 6.07) is 0. The number of hydrogen-bond acceptors (Lipinski definition) is 3. The fourth-order valence-electron chi connectivity index (χ4n) is 3.27. The van der Waals surface area contributed by atoms with Crippen LogP contribution in [0, 0.1) is 19.8 Å². The minimum atomic E-state index is 0.0156. The van der Waals surface area contributed by atoms with Crippen LogP contribution in [0.5, 0.6) is 0 Å². The number of aryl methyl sites for hydroxylation is 1. The molecule has 0 radical (unpaired) electrons. The van der Waals surface area contributed by atoms with Gasteiger partial charge in [0.1, 0.15) is 0 Å². The van der Waals surface area contributed by atoms with E-state index in [1.807, 2.05) is 13.8 Å². The molecule has 2 rings (SSSR count). The number of rotatable bonds is 4. The van der Waals surface area contributed by atoms with Crippen LogP contribution in [-0.2, 0) is 0 Å². The van der Waals surface area contributed by atoms with Gasteiger partial charge in [-0.3, -0.25) is 14.5 Å². The zero-order valence-corrected chi connectivity index (χ0v) is 12.9. The highest BCUT2D eigenvalue weighted by Gasteiger charge is 2.23. The molecule has 20 heavy (non-hydrogen) atoms. The van der Waals surface area contributed by atoms with Gasteiger partial charge in [0.2, 0.25) is 0 Å². The minimum absolute atomic E-state index is 0.0156. The van der Waals surface area contributed by atoms with Gasteiger partial charge in [-0.05, 0) is 51.6 Å². The van der Waals surface area contributed by atoms with Gasteiger partial charge < -0.3 is 4.98 Å². The Morgan fingerprint density at radius 2 is 2.05 bits per heavy atom. The van der Waals surface area contributed by atoms with E-state index in [0.717, 1.165) is 30.8 Å². The fourth-order valence-corrected chi connectivity index (χ4v) is 3.27. The molecule has 4 heteroatoms. The van der Waals surface area contributed by atoms with Crippen molar-refractivity contribution in [3.8, 4) is 0 Å². The lowest BCUT2D eigenvalue weighted by Crippen LogP contribution is -2.38. The van der Waals surface area contributed by atoms with Crippen molar-refractivity contribution in [2.45, 2.75) is 40.5 Å². The molecule has 0 aliphatic carbocycles. The van der Waals surface area contributed by atoms with Crippen LogP contribution in [0.3, 0.4) is 0 Å². The van der Waals surface area contributed by atoms with Crippen LogP contribution in [-0.4, -0.2) is 41.1 Å². The number of carbonyl (C=O) groups is 2. The first-order chi connectivity index (χ1) is 9.40. The Hall–Kier alpha value is -1.42. The summed E-state index contributed by atoms with van der Waals surface area (Å²) in [7, 11) is 0. The number of ketones is 2. The summed E-state index contributed by atoms with van der Waals surface area (Å²) in [4.78, 5) is 29.4. The molecule has 1 aromatic heterocycles. The van der Waals surface area contributed by atoms with Crippen LogP contribution in [0.1, 0.15) is 58.8 Å². The van der Waals surface area contributed by atoms with Crippen molar-refractivity contribution in [3.05, 3.63) is 22.5 Å². The Labute approximate surface area is 120 Å². The number of Topliss-reactive ketones (excluding diaryl/α,β-unsaturated/α-hetero) is 2. The monoisotopic (exact) mass is 276 g/mol. The van der Waals surface area contributed by atoms with E-state index in [1.54, 1.807) is 6.92 Å². The maximum absolute atomic E-state index is 12.4. The van der Waals surface area contributed by atoms with Crippen molar-refractivity contribution in [2.75, 3.05) is 19.6 Å². The van der Waals surface area contributed by atoms with E-state index in [-0.39, 0.29) is 11.6 Å². The number of likely N-dealkylation sites (tertiary alicyclic amines) is 1. The van der Waals surface area contributed by atoms with E-state index in [2.05, 4.69) is 16.8 Å². The zero-order valence-electron chi connectivity index (χ0n) is 12.9. The lowest BCUT2D eigenvalue weighted by atomic mass is 9.99. The molecule has 1 atom stereocenters. The number of hydrogen-bond donors (Lipinski definition) is 1. The molecule has 1 saturated heterocycles. The van der Waals surface area contributed by atoms with E-state index in [0.29, 0.717) is 23.7 Å². The van der Waals surface area contributed by atoms with Gasteiger partial charge in [0.05, 0.1) is 12.2 Å². The Kier molecular flexibility index (Phi) is 4.43. The van der Waals surface area contributed by atoms with Gasteiger partial charge in [-0.15, -0.1) is 0 Å². The van der Waals surface area contributed by atoms with Gasteiger partial charge in [0, 0.05) is 17.8 Å². The van der Waals surface area contributed by atoms with E-state index in [4.69, 9.17) is 0 Å². The average Bonchev–Trinajstić information content (AvgIpc) is 2.64. The topological polar surface area (TPSA) is 53.2 Å². The van der Waals surface area contributed by atoms with Crippen molar-refractivity contribution >= 4 is 11.6 Å². The lowest BCUT2D eigenvalue weighted by Gasteiger charge is -2.30. The summed E-state index contributed by atoms with van der Waals surface area (Å²) >= 11 is 0. The first-order valence-corrected chi connectivity index (χ1v) is 7.35. The molecule has 0 aromatic carbocycles. The van der Waals surface area contributed by atoms with E-state index in [9.17, 15) is 9.59 Å². The van der Waals surface area contributed by atoms with Crippen LogP contribution in [0.4, 0.5) is 0 Å². The second-order valence-electron chi connectivity index (χ2n) is 6.09. The molecule has 0 amide bonds. The molecular weight excluding hydrogens is 252 g/mol. The largest absolute Gasteiger partial charge is 0.355 e. The van der Waals surface area contributed by atoms with Crippen molar-refractivity contribution < 1.29 is 9.59 Å². The van der Waals surface area contributed by atoms with Crippen molar-refractivity contribution in [2.24, 2.45) is 5.92 Å². The van der Waals surface area contributed by atoms with Gasteiger partial charge in [-0.25, -0.2) is 0 Å². The number of aromatic amines is 1. The molecule has 1 aromatic rings. The van der Waals surface area contributed by atoms with E-state index >= 15 is 0 Å². The Morgan fingerprint density at radius 3 is 2.60 bits per heavy atom.